The highest BCUT2D eigenvalue weighted by Crippen LogP contribution is 2.45. The number of rotatable bonds is 6. The summed E-state index contributed by atoms with van der Waals surface area (Å²) in [6, 6.07) is 73.5. The zero-order valence-corrected chi connectivity index (χ0v) is 31.1. The fourth-order valence-electron chi connectivity index (χ4n) is 8.46. The van der Waals surface area contributed by atoms with Crippen molar-refractivity contribution in [1.29, 1.82) is 0 Å². The first-order valence-electron chi connectivity index (χ1n) is 19.5. The van der Waals surface area contributed by atoms with Gasteiger partial charge in [0.1, 0.15) is 0 Å². The molecule has 0 fully saturated rings. The molecule has 0 unspecified atom stereocenters. The van der Waals surface area contributed by atoms with Crippen LogP contribution in [0.1, 0.15) is 11.1 Å². The molecule has 57 heavy (non-hydrogen) atoms. The predicted octanol–water partition coefficient (Wildman–Crippen LogP) is 13.6. The van der Waals surface area contributed by atoms with Gasteiger partial charge in [0.15, 0.2) is 0 Å². The van der Waals surface area contributed by atoms with Gasteiger partial charge in [0, 0.05) is 34.0 Å². The summed E-state index contributed by atoms with van der Waals surface area (Å²) in [6.45, 7) is 0. The average molecular weight is 729 g/mol. The van der Waals surface area contributed by atoms with Crippen LogP contribution in [0.3, 0.4) is 0 Å². The van der Waals surface area contributed by atoms with Crippen molar-refractivity contribution in [3.63, 3.8) is 0 Å². The number of anilines is 3. The molecule has 0 atom stereocenters. The molecular formula is C53H36N4. The molecule has 8 aromatic carbocycles. The topological polar surface area (TPSA) is 34.0 Å². The maximum atomic E-state index is 5.26. The first kappa shape index (κ1) is 32.8. The van der Waals surface area contributed by atoms with Gasteiger partial charge in [-0.05, 0) is 81.9 Å². The van der Waals surface area contributed by atoms with Gasteiger partial charge in [0.05, 0.1) is 33.8 Å². The van der Waals surface area contributed by atoms with Crippen LogP contribution >= 0.6 is 0 Å². The number of hydrogen-bond donors (Lipinski definition) is 0. The molecule has 0 radical (unpaired) electrons. The molecule has 0 saturated carbocycles. The van der Waals surface area contributed by atoms with Crippen LogP contribution in [-0.4, -0.2) is 14.5 Å². The standard InChI is InChI=1S/C53H36N4/c1-4-14-36(15-5-1)37-24-28-44(29-25-37)56-51-23-13-11-21-45(51)46-30-26-41(34-52(46)56)40-27-31-50-43(32-40)33-42-20-10-12-22-49(42)57(50)53-54-47(38-16-6-2-7-17-38)35-48(55-53)39-18-8-3-9-19-39/h1-32,34-35H,33H2. The molecule has 268 valence electrons. The van der Waals surface area contributed by atoms with Crippen molar-refractivity contribution >= 4 is 39.1 Å². The van der Waals surface area contributed by atoms with Gasteiger partial charge in [-0.15, -0.1) is 0 Å². The molecule has 10 aromatic rings. The zero-order chi connectivity index (χ0) is 37.7. The van der Waals surface area contributed by atoms with E-state index in [9.17, 15) is 0 Å². The number of fused-ring (bicyclic) bond motifs is 5. The maximum absolute atomic E-state index is 5.26. The van der Waals surface area contributed by atoms with Crippen LogP contribution in [0.2, 0.25) is 0 Å². The van der Waals surface area contributed by atoms with Gasteiger partial charge in [-0.2, -0.15) is 0 Å². The van der Waals surface area contributed by atoms with E-state index >= 15 is 0 Å². The van der Waals surface area contributed by atoms with Gasteiger partial charge in [-0.1, -0.05) is 158 Å². The van der Waals surface area contributed by atoms with E-state index < -0.39 is 0 Å². The Kier molecular flexibility index (Phi) is 7.85. The third-order valence-corrected chi connectivity index (χ3v) is 11.2. The van der Waals surface area contributed by atoms with Crippen LogP contribution in [0.5, 0.6) is 0 Å². The Labute approximate surface area is 331 Å². The highest BCUT2D eigenvalue weighted by molar-refractivity contribution is 6.10. The van der Waals surface area contributed by atoms with E-state index in [0.717, 1.165) is 46.0 Å². The van der Waals surface area contributed by atoms with Crippen molar-refractivity contribution in [2.75, 3.05) is 4.90 Å². The first-order chi connectivity index (χ1) is 28.2. The number of hydrogen-bond acceptors (Lipinski definition) is 3. The second-order valence-corrected chi connectivity index (χ2v) is 14.7. The minimum atomic E-state index is 0.653. The summed E-state index contributed by atoms with van der Waals surface area (Å²) >= 11 is 0. The Hall–Kier alpha value is -7.56. The lowest BCUT2D eigenvalue weighted by Crippen LogP contribution is -2.21. The monoisotopic (exact) mass is 728 g/mol. The molecule has 4 nitrogen and oxygen atoms in total. The Bertz CT molecular complexity index is 3020. The molecular weight excluding hydrogens is 693 g/mol. The Morgan fingerprint density at radius 1 is 0.351 bits per heavy atom. The molecule has 0 N–H and O–H groups in total. The molecule has 4 heteroatoms. The maximum Gasteiger partial charge on any atom is 0.235 e. The molecule has 2 aromatic heterocycles. The van der Waals surface area contributed by atoms with Crippen LogP contribution < -0.4 is 4.90 Å². The SMILES string of the molecule is c1ccc(-c2ccc(-n3c4ccccc4c4ccc(-c5ccc6c(c5)Cc5ccccc5N6c5nc(-c6ccccc6)cc(-c6ccccc6)n5)cc43)cc2)cc1. The fourth-order valence-corrected chi connectivity index (χ4v) is 8.46. The summed E-state index contributed by atoms with van der Waals surface area (Å²) in [6.07, 6.45) is 0.816. The lowest BCUT2D eigenvalue weighted by atomic mass is 9.92. The van der Waals surface area contributed by atoms with Crippen LogP contribution in [0.25, 0.3) is 72.3 Å². The molecule has 0 saturated heterocycles. The van der Waals surface area contributed by atoms with E-state index in [1.807, 2.05) is 12.1 Å². The summed E-state index contributed by atoms with van der Waals surface area (Å²) in [4.78, 5) is 12.8. The molecule has 3 heterocycles. The van der Waals surface area contributed by atoms with Crippen molar-refractivity contribution in [3.05, 3.63) is 217 Å². The van der Waals surface area contributed by atoms with Crippen molar-refractivity contribution in [2.24, 2.45) is 0 Å². The molecule has 0 amide bonds. The highest BCUT2D eigenvalue weighted by Gasteiger charge is 2.27. The van der Waals surface area contributed by atoms with E-state index in [4.69, 9.17) is 9.97 Å². The Morgan fingerprint density at radius 3 is 1.60 bits per heavy atom. The molecule has 0 spiro atoms. The Morgan fingerprint density at radius 2 is 0.877 bits per heavy atom. The number of aromatic nitrogens is 3. The summed E-state index contributed by atoms with van der Waals surface area (Å²) in [5.74, 6) is 0.653. The normalized spacial score (nSPS) is 12.1. The van der Waals surface area contributed by atoms with Crippen LogP contribution in [0, 0.1) is 0 Å². The molecule has 0 aliphatic carbocycles. The van der Waals surface area contributed by atoms with Crippen molar-refractivity contribution < 1.29 is 0 Å². The smallest absolute Gasteiger partial charge is 0.235 e. The van der Waals surface area contributed by atoms with Gasteiger partial charge in [0.25, 0.3) is 0 Å². The minimum absolute atomic E-state index is 0.653. The largest absolute Gasteiger partial charge is 0.309 e. The zero-order valence-electron chi connectivity index (χ0n) is 31.1. The van der Waals surface area contributed by atoms with Crippen molar-refractivity contribution in [1.82, 2.24) is 14.5 Å². The second kappa shape index (κ2) is 13.6. The lowest BCUT2D eigenvalue weighted by molar-refractivity contribution is 1.02. The van der Waals surface area contributed by atoms with Gasteiger partial charge < -0.3 is 4.57 Å². The quantitative estimate of drug-likeness (QED) is 0.171. The number of benzene rings is 8. The Balaban J connectivity index is 1.04. The van der Waals surface area contributed by atoms with Gasteiger partial charge in [-0.3, -0.25) is 4.90 Å². The van der Waals surface area contributed by atoms with Gasteiger partial charge in [0.2, 0.25) is 5.95 Å². The van der Waals surface area contributed by atoms with E-state index in [1.165, 1.54) is 55.2 Å². The lowest BCUT2D eigenvalue weighted by Gasteiger charge is -2.32. The summed E-state index contributed by atoms with van der Waals surface area (Å²) in [5.41, 5.74) is 16.9. The van der Waals surface area contributed by atoms with Crippen molar-refractivity contribution in [2.45, 2.75) is 6.42 Å². The number of nitrogens with zero attached hydrogens (tertiary/aromatic N) is 4. The van der Waals surface area contributed by atoms with E-state index in [0.29, 0.717) is 5.95 Å². The molecule has 11 rings (SSSR count). The second-order valence-electron chi connectivity index (χ2n) is 14.7. The molecule has 1 aliphatic rings. The third-order valence-electron chi connectivity index (χ3n) is 11.2. The van der Waals surface area contributed by atoms with Gasteiger partial charge >= 0.3 is 0 Å². The molecule has 0 bridgehead atoms. The van der Waals surface area contributed by atoms with Crippen LogP contribution in [-0.2, 0) is 6.42 Å². The summed E-state index contributed by atoms with van der Waals surface area (Å²) in [5, 5.41) is 2.49. The minimum Gasteiger partial charge on any atom is -0.309 e. The van der Waals surface area contributed by atoms with Crippen LogP contribution in [0.15, 0.2) is 206 Å². The highest BCUT2D eigenvalue weighted by atomic mass is 15.3. The molecule has 1 aliphatic heterocycles. The van der Waals surface area contributed by atoms with E-state index in [-0.39, 0.29) is 0 Å². The fraction of sp³-hybridized carbons (Fsp3) is 0.0189. The van der Waals surface area contributed by atoms with Gasteiger partial charge in [-0.25, -0.2) is 9.97 Å². The average Bonchev–Trinajstić information content (AvgIpc) is 3.62. The third kappa shape index (κ3) is 5.78. The van der Waals surface area contributed by atoms with Crippen LogP contribution in [0.4, 0.5) is 17.3 Å². The summed E-state index contributed by atoms with van der Waals surface area (Å²) < 4.78 is 2.40. The first-order valence-corrected chi connectivity index (χ1v) is 19.5. The predicted molar refractivity (Wildman–Crippen MR) is 236 cm³/mol. The number of para-hydroxylation sites is 2. The van der Waals surface area contributed by atoms with Crippen molar-refractivity contribution in [3.8, 4) is 50.5 Å². The summed E-state index contributed by atoms with van der Waals surface area (Å²) in [7, 11) is 0. The van der Waals surface area contributed by atoms with E-state index in [1.54, 1.807) is 0 Å². The van der Waals surface area contributed by atoms with E-state index in [2.05, 4.69) is 204 Å².